The number of rotatable bonds is 8. The molecular formula is C57H38N4. The predicted octanol–water partition coefficient (Wildman–Crippen LogP) is 14.6. The van der Waals surface area contributed by atoms with Crippen LogP contribution in [-0.2, 0) is 0 Å². The molecule has 0 atom stereocenters. The van der Waals surface area contributed by atoms with E-state index in [1.165, 1.54) is 44.3 Å². The molecule has 9 aromatic carbocycles. The summed E-state index contributed by atoms with van der Waals surface area (Å²) >= 11 is 0. The van der Waals surface area contributed by atoms with Crippen LogP contribution in [0.3, 0.4) is 0 Å². The fraction of sp³-hybridized carbons (Fsp3) is 0. The largest absolute Gasteiger partial charge is 0.309 e. The van der Waals surface area contributed by atoms with Crippen LogP contribution in [0.2, 0.25) is 0 Å². The summed E-state index contributed by atoms with van der Waals surface area (Å²) in [6, 6.07) is 81.3. The Bertz CT molecular complexity index is 3290. The van der Waals surface area contributed by atoms with E-state index in [1.54, 1.807) is 0 Å². The summed E-state index contributed by atoms with van der Waals surface area (Å²) in [6.07, 6.45) is 0. The van der Waals surface area contributed by atoms with Gasteiger partial charge in [0.1, 0.15) is 0 Å². The van der Waals surface area contributed by atoms with Gasteiger partial charge in [0.15, 0.2) is 17.5 Å². The van der Waals surface area contributed by atoms with Crippen molar-refractivity contribution in [3.8, 4) is 84.4 Å². The van der Waals surface area contributed by atoms with Gasteiger partial charge in [-0.15, -0.1) is 0 Å². The first-order valence-corrected chi connectivity index (χ1v) is 20.6. The maximum Gasteiger partial charge on any atom is 0.164 e. The van der Waals surface area contributed by atoms with E-state index in [-0.39, 0.29) is 0 Å². The molecule has 0 aliphatic heterocycles. The molecule has 0 saturated carbocycles. The van der Waals surface area contributed by atoms with E-state index in [1.807, 2.05) is 36.4 Å². The number of nitrogens with zero attached hydrogens (tertiary/aromatic N) is 4. The molecule has 0 unspecified atom stereocenters. The molecule has 61 heavy (non-hydrogen) atoms. The molecular weight excluding hydrogens is 741 g/mol. The Morgan fingerprint density at radius 2 is 0.574 bits per heavy atom. The minimum Gasteiger partial charge on any atom is -0.309 e. The Kier molecular flexibility index (Phi) is 9.14. The third-order valence-corrected chi connectivity index (χ3v) is 11.5. The van der Waals surface area contributed by atoms with Crippen LogP contribution in [0.25, 0.3) is 106 Å². The molecule has 2 heterocycles. The Hall–Kier alpha value is -8.21. The van der Waals surface area contributed by atoms with Crippen LogP contribution >= 0.6 is 0 Å². The highest BCUT2D eigenvalue weighted by molar-refractivity contribution is 6.11. The second kappa shape index (κ2) is 15.5. The lowest BCUT2D eigenvalue weighted by molar-refractivity contribution is 1.07. The van der Waals surface area contributed by atoms with Crippen LogP contribution in [0, 0.1) is 0 Å². The van der Waals surface area contributed by atoms with Crippen molar-refractivity contribution in [1.29, 1.82) is 0 Å². The molecule has 4 heteroatoms. The van der Waals surface area contributed by atoms with Crippen LogP contribution in [0.4, 0.5) is 0 Å². The summed E-state index contributed by atoms with van der Waals surface area (Å²) in [5, 5.41) is 2.33. The molecule has 0 amide bonds. The van der Waals surface area contributed by atoms with Gasteiger partial charge in [0.2, 0.25) is 0 Å². The molecule has 0 radical (unpaired) electrons. The summed E-state index contributed by atoms with van der Waals surface area (Å²) in [5.41, 5.74) is 15.5. The van der Waals surface area contributed by atoms with Crippen molar-refractivity contribution in [3.05, 3.63) is 231 Å². The third-order valence-electron chi connectivity index (χ3n) is 11.5. The SMILES string of the molecule is c1ccc(-c2ccc(-c3ccc4c(c3)c3ccc(-c5nc(-c6ccccc6)nc(-c6ccc(-c7ccccc7)cc6)n5)cc3n4-c3ccc(-c4ccccc4)cc3)cc2)cc1. The highest BCUT2D eigenvalue weighted by Gasteiger charge is 2.18. The molecule has 11 aromatic rings. The van der Waals surface area contributed by atoms with Crippen LogP contribution in [0.1, 0.15) is 0 Å². The number of hydrogen-bond donors (Lipinski definition) is 0. The van der Waals surface area contributed by atoms with Crippen molar-refractivity contribution < 1.29 is 0 Å². The molecule has 286 valence electrons. The lowest BCUT2D eigenvalue weighted by atomic mass is 9.99. The summed E-state index contributed by atoms with van der Waals surface area (Å²) in [5.74, 6) is 1.88. The highest BCUT2D eigenvalue weighted by Crippen LogP contribution is 2.38. The lowest BCUT2D eigenvalue weighted by Gasteiger charge is -2.11. The summed E-state index contributed by atoms with van der Waals surface area (Å²) in [6.45, 7) is 0. The standard InChI is InChI=1S/C57H38N4/c1-5-13-39(14-6-1)42-21-23-45(24-22-42)48-32-36-53-52(37-48)51-35-31-49(38-54(51)61(53)50-33-29-44(30-34-50)41-17-9-3-10-18-41)57-59-55(46-19-11-4-12-20-46)58-56(60-57)47-27-25-43(26-28-47)40-15-7-2-8-16-40/h1-38H. The molecule has 0 fully saturated rings. The number of fused-ring (bicyclic) bond motifs is 3. The van der Waals surface area contributed by atoms with E-state index in [0.717, 1.165) is 44.4 Å². The zero-order chi connectivity index (χ0) is 40.5. The Morgan fingerprint density at radius 3 is 1.07 bits per heavy atom. The molecule has 0 aliphatic carbocycles. The van der Waals surface area contributed by atoms with Crippen LogP contribution in [0.5, 0.6) is 0 Å². The second-order valence-electron chi connectivity index (χ2n) is 15.3. The maximum atomic E-state index is 5.16. The van der Waals surface area contributed by atoms with E-state index in [4.69, 9.17) is 15.0 Å². The van der Waals surface area contributed by atoms with Crippen molar-refractivity contribution in [3.63, 3.8) is 0 Å². The number of benzene rings is 9. The van der Waals surface area contributed by atoms with Gasteiger partial charge in [0.25, 0.3) is 0 Å². The van der Waals surface area contributed by atoms with Crippen molar-refractivity contribution in [1.82, 2.24) is 19.5 Å². The minimum atomic E-state index is 0.619. The summed E-state index contributed by atoms with van der Waals surface area (Å²) < 4.78 is 2.37. The van der Waals surface area contributed by atoms with Crippen LogP contribution in [0.15, 0.2) is 231 Å². The van der Waals surface area contributed by atoms with E-state index in [2.05, 4.69) is 199 Å². The van der Waals surface area contributed by atoms with Gasteiger partial charge in [0, 0.05) is 33.2 Å². The first-order valence-electron chi connectivity index (χ1n) is 20.6. The van der Waals surface area contributed by atoms with Crippen molar-refractivity contribution >= 4 is 21.8 Å². The van der Waals surface area contributed by atoms with Crippen LogP contribution < -0.4 is 0 Å². The van der Waals surface area contributed by atoms with Gasteiger partial charge in [-0.3, -0.25) is 0 Å². The Balaban J connectivity index is 1.06. The topological polar surface area (TPSA) is 43.6 Å². The molecule has 2 aromatic heterocycles. The van der Waals surface area contributed by atoms with Gasteiger partial charge < -0.3 is 4.57 Å². The van der Waals surface area contributed by atoms with Gasteiger partial charge in [-0.1, -0.05) is 200 Å². The fourth-order valence-electron chi connectivity index (χ4n) is 8.33. The highest BCUT2D eigenvalue weighted by atomic mass is 15.0. The van der Waals surface area contributed by atoms with Crippen molar-refractivity contribution in [2.24, 2.45) is 0 Å². The first kappa shape index (κ1) is 35.9. The molecule has 0 aliphatic rings. The minimum absolute atomic E-state index is 0.619. The predicted molar refractivity (Wildman–Crippen MR) is 252 cm³/mol. The Morgan fingerprint density at radius 1 is 0.230 bits per heavy atom. The average molecular weight is 779 g/mol. The maximum absolute atomic E-state index is 5.16. The first-order chi connectivity index (χ1) is 30.2. The second-order valence-corrected chi connectivity index (χ2v) is 15.3. The zero-order valence-electron chi connectivity index (χ0n) is 33.2. The fourth-order valence-corrected chi connectivity index (χ4v) is 8.33. The molecule has 11 rings (SSSR count). The van der Waals surface area contributed by atoms with Gasteiger partial charge in [-0.2, -0.15) is 0 Å². The third kappa shape index (κ3) is 6.96. The van der Waals surface area contributed by atoms with E-state index < -0.39 is 0 Å². The van der Waals surface area contributed by atoms with Gasteiger partial charge in [-0.05, 0) is 74.8 Å². The lowest BCUT2D eigenvalue weighted by Crippen LogP contribution is -2.00. The molecule has 0 saturated heterocycles. The molecule has 4 nitrogen and oxygen atoms in total. The summed E-state index contributed by atoms with van der Waals surface area (Å²) in [4.78, 5) is 15.3. The monoisotopic (exact) mass is 778 g/mol. The van der Waals surface area contributed by atoms with Crippen molar-refractivity contribution in [2.45, 2.75) is 0 Å². The van der Waals surface area contributed by atoms with Gasteiger partial charge >= 0.3 is 0 Å². The molecule has 0 spiro atoms. The van der Waals surface area contributed by atoms with Crippen molar-refractivity contribution in [2.75, 3.05) is 0 Å². The average Bonchev–Trinajstić information content (AvgIpc) is 3.68. The molecule has 0 bridgehead atoms. The number of hydrogen-bond acceptors (Lipinski definition) is 3. The summed E-state index contributed by atoms with van der Waals surface area (Å²) in [7, 11) is 0. The van der Waals surface area contributed by atoms with Gasteiger partial charge in [-0.25, -0.2) is 15.0 Å². The van der Waals surface area contributed by atoms with E-state index in [9.17, 15) is 0 Å². The quantitative estimate of drug-likeness (QED) is 0.154. The smallest absolute Gasteiger partial charge is 0.164 e. The molecule has 0 N–H and O–H groups in total. The van der Waals surface area contributed by atoms with E-state index in [0.29, 0.717) is 17.5 Å². The van der Waals surface area contributed by atoms with Crippen LogP contribution in [-0.4, -0.2) is 19.5 Å². The Labute approximate surface area is 354 Å². The van der Waals surface area contributed by atoms with Gasteiger partial charge in [0.05, 0.1) is 11.0 Å². The number of aromatic nitrogens is 4. The zero-order valence-corrected chi connectivity index (χ0v) is 33.2. The van der Waals surface area contributed by atoms with E-state index >= 15 is 0 Å². The normalized spacial score (nSPS) is 11.3.